The minimum absolute atomic E-state index is 0.0865. The van der Waals surface area contributed by atoms with Crippen molar-refractivity contribution in [1.82, 2.24) is 0 Å². The van der Waals surface area contributed by atoms with Gasteiger partial charge >= 0.3 is 0 Å². The molecular weight excluding hydrogens is 267 g/mol. The Morgan fingerprint density at radius 3 is 2.60 bits per heavy atom. The second-order valence-corrected chi connectivity index (χ2v) is 3.89. The zero-order chi connectivity index (χ0) is 14.7. The molecule has 0 aromatic heterocycles. The Morgan fingerprint density at radius 1 is 1.25 bits per heavy atom. The van der Waals surface area contributed by atoms with Crippen LogP contribution in [0, 0.1) is 15.9 Å². The van der Waals surface area contributed by atoms with Crippen molar-refractivity contribution in [2.45, 2.75) is 0 Å². The van der Waals surface area contributed by atoms with Crippen molar-refractivity contribution in [1.29, 1.82) is 0 Å². The molecule has 2 rings (SSSR count). The average molecular weight is 276 g/mol. The first-order valence-electron chi connectivity index (χ1n) is 5.52. The van der Waals surface area contributed by atoms with E-state index < -0.39 is 27.9 Å². The first-order valence-corrected chi connectivity index (χ1v) is 5.52. The number of benzene rings is 2. The Morgan fingerprint density at radius 2 is 1.95 bits per heavy atom. The minimum atomic E-state index is -0.886. The topological polar surface area (TPSA) is 92.5 Å². The van der Waals surface area contributed by atoms with Crippen LogP contribution < -0.4 is 5.32 Å². The second kappa shape index (κ2) is 5.35. The fraction of sp³-hybridized carbons (Fsp3) is 0. The highest BCUT2D eigenvalue weighted by atomic mass is 19.1. The normalized spacial score (nSPS) is 10.1. The van der Waals surface area contributed by atoms with Crippen molar-refractivity contribution >= 4 is 17.3 Å². The highest BCUT2D eigenvalue weighted by Crippen LogP contribution is 2.23. The Kier molecular flexibility index (Phi) is 3.60. The molecule has 2 aromatic rings. The van der Waals surface area contributed by atoms with E-state index in [1.165, 1.54) is 12.1 Å². The number of aromatic hydroxyl groups is 1. The molecule has 0 heterocycles. The van der Waals surface area contributed by atoms with E-state index in [1.807, 2.05) is 0 Å². The van der Waals surface area contributed by atoms with Crippen LogP contribution in [0.5, 0.6) is 5.75 Å². The predicted octanol–water partition coefficient (Wildman–Crippen LogP) is 2.69. The molecule has 0 atom stereocenters. The largest absolute Gasteiger partial charge is 0.506 e. The molecule has 0 saturated heterocycles. The maximum atomic E-state index is 13.5. The fourth-order valence-corrected chi connectivity index (χ4v) is 1.57. The summed E-state index contributed by atoms with van der Waals surface area (Å²) in [5.41, 5.74) is -0.778. The number of nitro groups is 1. The van der Waals surface area contributed by atoms with Gasteiger partial charge in [0.05, 0.1) is 16.2 Å². The molecule has 0 aliphatic rings. The van der Waals surface area contributed by atoms with Crippen LogP contribution in [0.1, 0.15) is 10.4 Å². The number of phenolic OH excluding ortho intramolecular Hbond substituents is 1. The van der Waals surface area contributed by atoms with Crippen molar-refractivity contribution in [3.8, 4) is 5.75 Å². The molecule has 0 saturated carbocycles. The smallest absolute Gasteiger partial charge is 0.270 e. The molecule has 0 spiro atoms. The summed E-state index contributed by atoms with van der Waals surface area (Å²) in [6.45, 7) is 0. The van der Waals surface area contributed by atoms with Crippen LogP contribution >= 0.6 is 0 Å². The standard InChI is InChI=1S/C13H9FN2O4/c14-10-6-5-8(16(19)20)7-9(10)13(18)15-11-3-1-2-4-12(11)17/h1-7,17H,(H,15,18). The van der Waals surface area contributed by atoms with E-state index in [2.05, 4.69) is 5.32 Å². The summed E-state index contributed by atoms with van der Waals surface area (Å²) in [5.74, 6) is -1.96. The molecule has 1 amide bonds. The van der Waals surface area contributed by atoms with Crippen LogP contribution in [0.4, 0.5) is 15.8 Å². The zero-order valence-corrected chi connectivity index (χ0v) is 10.0. The van der Waals surface area contributed by atoms with Gasteiger partial charge in [0.25, 0.3) is 11.6 Å². The summed E-state index contributed by atoms with van der Waals surface area (Å²) in [7, 11) is 0. The summed E-state index contributed by atoms with van der Waals surface area (Å²) in [6, 6.07) is 8.54. The molecule has 102 valence electrons. The molecule has 2 N–H and O–H groups in total. The van der Waals surface area contributed by atoms with E-state index in [0.29, 0.717) is 0 Å². The third-order valence-electron chi connectivity index (χ3n) is 2.56. The third kappa shape index (κ3) is 2.72. The maximum Gasteiger partial charge on any atom is 0.270 e. The Labute approximate surface area is 112 Å². The highest BCUT2D eigenvalue weighted by molar-refractivity contribution is 6.05. The number of carbonyl (C=O) groups excluding carboxylic acids is 1. The van der Waals surface area contributed by atoms with Gasteiger partial charge in [0.1, 0.15) is 11.6 Å². The molecule has 0 aliphatic heterocycles. The van der Waals surface area contributed by atoms with Gasteiger partial charge in [0, 0.05) is 12.1 Å². The summed E-state index contributed by atoms with van der Waals surface area (Å²) in [5, 5.41) is 22.4. The third-order valence-corrected chi connectivity index (χ3v) is 2.56. The Hall–Kier alpha value is -2.96. The molecular formula is C13H9FN2O4. The monoisotopic (exact) mass is 276 g/mol. The number of hydrogen-bond donors (Lipinski definition) is 2. The van der Waals surface area contributed by atoms with Gasteiger partial charge in [0.15, 0.2) is 0 Å². The molecule has 20 heavy (non-hydrogen) atoms. The van der Waals surface area contributed by atoms with Crippen LogP contribution in [0.2, 0.25) is 0 Å². The minimum Gasteiger partial charge on any atom is -0.506 e. The van der Waals surface area contributed by atoms with E-state index in [1.54, 1.807) is 12.1 Å². The number of phenols is 1. The molecule has 0 fully saturated rings. The van der Waals surface area contributed by atoms with Gasteiger partial charge in [-0.3, -0.25) is 14.9 Å². The summed E-state index contributed by atoms with van der Waals surface area (Å²) >= 11 is 0. The van der Waals surface area contributed by atoms with Crippen LogP contribution in [0.15, 0.2) is 42.5 Å². The number of rotatable bonds is 3. The molecule has 0 bridgehead atoms. The number of anilines is 1. The number of nitrogens with zero attached hydrogens (tertiary/aromatic N) is 1. The lowest BCUT2D eigenvalue weighted by Gasteiger charge is -2.07. The fourth-order valence-electron chi connectivity index (χ4n) is 1.57. The van der Waals surface area contributed by atoms with Crippen molar-refractivity contribution in [2.75, 3.05) is 5.32 Å². The Bertz CT molecular complexity index is 688. The summed E-state index contributed by atoms with van der Waals surface area (Å²) < 4.78 is 13.5. The van der Waals surface area contributed by atoms with Gasteiger partial charge < -0.3 is 10.4 Å². The number of nitrogens with one attached hydrogen (secondary N) is 1. The van der Waals surface area contributed by atoms with E-state index in [9.17, 15) is 24.4 Å². The van der Waals surface area contributed by atoms with E-state index in [4.69, 9.17) is 0 Å². The van der Waals surface area contributed by atoms with E-state index in [-0.39, 0.29) is 11.4 Å². The van der Waals surface area contributed by atoms with Crippen LogP contribution in [-0.2, 0) is 0 Å². The van der Waals surface area contributed by atoms with Crippen LogP contribution in [0.3, 0.4) is 0 Å². The van der Waals surface area contributed by atoms with Gasteiger partial charge in [0.2, 0.25) is 0 Å². The van der Waals surface area contributed by atoms with Gasteiger partial charge in [-0.25, -0.2) is 4.39 Å². The van der Waals surface area contributed by atoms with Gasteiger partial charge in [-0.1, -0.05) is 12.1 Å². The summed E-state index contributed by atoms with van der Waals surface area (Å²) in [4.78, 5) is 21.8. The Balaban J connectivity index is 2.32. The van der Waals surface area contributed by atoms with Crippen molar-refractivity contribution in [2.24, 2.45) is 0 Å². The van der Waals surface area contributed by atoms with Crippen LogP contribution in [-0.4, -0.2) is 15.9 Å². The SMILES string of the molecule is O=C(Nc1ccccc1O)c1cc([N+](=O)[O-])ccc1F. The molecule has 0 unspecified atom stereocenters. The molecule has 7 heteroatoms. The van der Waals surface area contributed by atoms with E-state index >= 15 is 0 Å². The van der Waals surface area contributed by atoms with Crippen molar-refractivity contribution < 1.29 is 19.2 Å². The second-order valence-electron chi connectivity index (χ2n) is 3.89. The van der Waals surface area contributed by atoms with Crippen molar-refractivity contribution in [3.63, 3.8) is 0 Å². The zero-order valence-electron chi connectivity index (χ0n) is 10.0. The molecule has 0 radical (unpaired) electrons. The molecule has 6 nitrogen and oxygen atoms in total. The molecule has 0 aliphatic carbocycles. The quantitative estimate of drug-likeness (QED) is 0.512. The number of carbonyl (C=O) groups is 1. The summed E-state index contributed by atoms with van der Waals surface area (Å²) in [6.07, 6.45) is 0. The van der Waals surface area contributed by atoms with E-state index in [0.717, 1.165) is 18.2 Å². The number of hydrogen-bond acceptors (Lipinski definition) is 4. The average Bonchev–Trinajstić information content (AvgIpc) is 2.41. The van der Waals surface area contributed by atoms with Gasteiger partial charge in [-0.15, -0.1) is 0 Å². The predicted molar refractivity (Wildman–Crippen MR) is 69.1 cm³/mol. The number of amides is 1. The van der Waals surface area contributed by atoms with Crippen LogP contribution in [0.25, 0.3) is 0 Å². The lowest BCUT2D eigenvalue weighted by Crippen LogP contribution is -2.14. The number of para-hydroxylation sites is 2. The maximum absolute atomic E-state index is 13.5. The number of halogens is 1. The highest BCUT2D eigenvalue weighted by Gasteiger charge is 2.17. The number of nitro benzene ring substituents is 1. The van der Waals surface area contributed by atoms with Gasteiger partial charge in [-0.05, 0) is 18.2 Å². The first-order chi connectivity index (χ1) is 9.49. The van der Waals surface area contributed by atoms with Gasteiger partial charge in [-0.2, -0.15) is 0 Å². The first kappa shape index (κ1) is 13.5. The lowest BCUT2D eigenvalue weighted by molar-refractivity contribution is -0.384. The van der Waals surface area contributed by atoms with Crippen molar-refractivity contribution in [3.05, 3.63) is 64.0 Å². The number of non-ortho nitro benzene ring substituents is 1. The lowest BCUT2D eigenvalue weighted by atomic mass is 10.1. The molecule has 2 aromatic carbocycles.